The molecule has 1 N–H and O–H groups in total. The summed E-state index contributed by atoms with van der Waals surface area (Å²) in [6.07, 6.45) is 0.239. The minimum Gasteiger partial charge on any atom is -0.377 e. The molecule has 0 amide bonds. The maximum atomic E-state index is 6.17. The second-order valence-electron chi connectivity index (χ2n) is 4.01. The Kier molecular flexibility index (Phi) is 5.81. The molecule has 2 nitrogen and oxygen atoms in total. The maximum Gasteiger partial charge on any atom is 0.0665 e. The highest BCUT2D eigenvalue weighted by atomic mass is 35.5. The normalized spacial score (nSPS) is 13.1. The van der Waals surface area contributed by atoms with Crippen molar-refractivity contribution in [3.63, 3.8) is 0 Å². The average molecular weight is 242 g/mol. The molecule has 1 aromatic carbocycles. The molecular weight excluding hydrogens is 222 g/mol. The van der Waals surface area contributed by atoms with Crippen LogP contribution in [-0.2, 0) is 4.74 Å². The Labute approximate surface area is 103 Å². The molecule has 16 heavy (non-hydrogen) atoms. The van der Waals surface area contributed by atoms with E-state index in [1.165, 1.54) is 0 Å². The third-order valence-electron chi connectivity index (χ3n) is 2.33. The molecule has 0 heterocycles. The van der Waals surface area contributed by atoms with Crippen molar-refractivity contribution in [1.82, 2.24) is 5.32 Å². The van der Waals surface area contributed by atoms with E-state index < -0.39 is 0 Å². The van der Waals surface area contributed by atoms with Gasteiger partial charge in [0.25, 0.3) is 0 Å². The minimum absolute atomic E-state index is 0.168. The lowest BCUT2D eigenvalue weighted by Crippen LogP contribution is -2.26. The van der Waals surface area contributed by atoms with Gasteiger partial charge in [0.2, 0.25) is 0 Å². The van der Waals surface area contributed by atoms with Crippen LogP contribution >= 0.6 is 11.6 Å². The summed E-state index contributed by atoms with van der Waals surface area (Å²) in [6, 6.07) is 8.07. The van der Waals surface area contributed by atoms with Crippen molar-refractivity contribution in [1.29, 1.82) is 0 Å². The highest BCUT2D eigenvalue weighted by Crippen LogP contribution is 2.23. The summed E-state index contributed by atoms with van der Waals surface area (Å²) in [6.45, 7) is 7.71. The first kappa shape index (κ1) is 13.5. The van der Waals surface area contributed by atoms with Crippen LogP contribution in [0.2, 0.25) is 5.02 Å². The van der Waals surface area contributed by atoms with Gasteiger partial charge in [0, 0.05) is 5.02 Å². The van der Waals surface area contributed by atoms with Crippen LogP contribution in [0.15, 0.2) is 24.3 Å². The van der Waals surface area contributed by atoms with E-state index in [1.807, 2.05) is 38.1 Å². The zero-order chi connectivity index (χ0) is 12.0. The zero-order valence-corrected chi connectivity index (χ0v) is 10.9. The van der Waals surface area contributed by atoms with Crippen molar-refractivity contribution < 1.29 is 4.74 Å². The van der Waals surface area contributed by atoms with Gasteiger partial charge in [-0.25, -0.2) is 0 Å². The van der Waals surface area contributed by atoms with Gasteiger partial charge in [-0.05, 0) is 32.0 Å². The van der Waals surface area contributed by atoms with Gasteiger partial charge in [0.05, 0.1) is 18.8 Å². The molecule has 0 aliphatic rings. The fourth-order valence-electron chi connectivity index (χ4n) is 1.55. The molecule has 0 aromatic heterocycles. The summed E-state index contributed by atoms with van der Waals surface area (Å²) in [5.41, 5.74) is 1.10. The van der Waals surface area contributed by atoms with E-state index in [-0.39, 0.29) is 12.1 Å². The van der Waals surface area contributed by atoms with Gasteiger partial charge in [0.1, 0.15) is 0 Å². The molecule has 0 spiro atoms. The molecule has 1 aromatic rings. The second-order valence-corrected chi connectivity index (χ2v) is 4.42. The van der Waals surface area contributed by atoms with Crippen molar-refractivity contribution in [2.24, 2.45) is 0 Å². The van der Waals surface area contributed by atoms with Gasteiger partial charge < -0.3 is 10.1 Å². The zero-order valence-electron chi connectivity index (χ0n) is 10.2. The Balaban J connectivity index is 2.73. The van der Waals surface area contributed by atoms with Crippen molar-refractivity contribution in [3.05, 3.63) is 34.9 Å². The maximum absolute atomic E-state index is 6.17. The van der Waals surface area contributed by atoms with Gasteiger partial charge in [0.15, 0.2) is 0 Å². The van der Waals surface area contributed by atoms with Crippen LogP contribution in [0.4, 0.5) is 0 Å². The topological polar surface area (TPSA) is 21.3 Å². The van der Waals surface area contributed by atoms with Crippen molar-refractivity contribution >= 4 is 11.6 Å². The predicted octanol–water partition coefficient (Wildman–Crippen LogP) is 3.42. The van der Waals surface area contributed by atoms with E-state index in [0.717, 1.165) is 17.1 Å². The summed E-state index contributed by atoms with van der Waals surface area (Å²) >= 11 is 6.17. The van der Waals surface area contributed by atoms with Gasteiger partial charge in [-0.15, -0.1) is 0 Å². The first-order valence-corrected chi connectivity index (χ1v) is 6.12. The Morgan fingerprint density at radius 1 is 1.31 bits per heavy atom. The minimum atomic E-state index is 0.168. The summed E-state index contributed by atoms with van der Waals surface area (Å²) in [5.74, 6) is 0. The van der Waals surface area contributed by atoms with Gasteiger partial charge in [-0.3, -0.25) is 0 Å². The Hall–Kier alpha value is -0.570. The molecule has 0 saturated carbocycles. The number of halogens is 1. The number of hydrogen-bond acceptors (Lipinski definition) is 2. The van der Waals surface area contributed by atoms with Crippen LogP contribution in [0.5, 0.6) is 0 Å². The third-order valence-corrected chi connectivity index (χ3v) is 2.67. The van der Waals surface area contributed by atoms with Crippen LogP contribution in [0.1, 0.15) is 32.4 Å². The van der Waals surface area contributed by atoms with Gasteiger partial charge >= 0.3 is 0 Å². The molecule has 0 fully saturated rings. The average Bonchev–Trinajstić information content (AvgIpc) is 2.25. The lowest BCUT2D eigenvalue weighted by Gasteiger charge is -2.20. The number of nitrogens with one attached hydrogen (secondary N) is 1. The lowest BCUT2D eigenvalue weighted by molar-refractivity contribution is 0.0614. The van der Waals surface area contributed by atoms with E-state index >= 15 is 0 Å². The molecule has 0 aliphatic carbocycles. The molecule has 0 aliphatic heterocycles. The van der Waals surface area contributed by atoms with E-state index in [1.54, 1.807) is 0 Å². The molecule has 1 rings (SSSR count). The molecule has 0 saturated heterocycles. The third kappa shape index (κ3) is 4.12. The van der Waals surface area contributed by atoms with Crippen LogP contribution in [0, 0.1) is 0 Å². The molecule has 1 unspecified atom stereocenters. The van der Waals surface area contributed by atoms with E-state index in [0.29, 0.717) is 6.61 Å². The Morgan fingerprint density at radius 3 is 2.56 bits per heavy atom. The summed E-state index contributed by atoms with van der Waals surface area (Å²) in [5, 5.41) is 4.18. The SMILES string of the molecule is CCNC(COC(C)C)c1ccccc1Cl. The summed E-state index contributed by atoms with van der Waals surface area (Å²) < 4.78 is 5.64. The van der Waals surface area contributed by atoms with E-state index in [2.05, 4.69) is 12.2 Å². The number of likely N-dealkylation sites (N-methyl/N-ethyl adjacent to an activating group) is 1. The van der Waals surface area contributed by atoms with Gasteiger partial charge in [-0.2, -0.15) is 0 Å². The number of ether oxygens (including phenoxy) is 1. The highest BCUT2D eigenvalue weighted by molar-refractivity contribution is 6.31. The smallest absolute Gasteiger partial charge is 0.0665 e. The van der Waals surface area contributed by atoms with Crippen LogP contribution in [-0.4, -0.2) is 19.3 Å². The highest BCUT2D eigenvalue weighted by Gasteiger charge is 2.13. The number of rotatable bonds is 6. The number of hydrogen-bond donors (Lipinski definition) is 1. The standard InChI is InChI=1S/C13H20ClNO/c1-4-15-13(9-16-10(2)3)11-7-5-6-8-12(11)14/h5-8,10,13,15H,4,9H2,1-3H3. The van der Waals surface area contributed by atoms with Crippen LogP contribution in [0.3, 0.4) is 0 Å². The van der Waals surface area contributed by atoms with Crippen molar-refractivity contribution in [2.75, 3.05) is 13.2 Å². The molecular formula is C13H20ClNO. The summed E-state index contributed by atoms with van der Waals surface area (Å²) in [7, 11) is 0. The molecule has 90 valence electrons. The largest absolute Gasteiger partial charge is 0.377 e. The summed E-state index contributed by atoms with van der Waals surface area (Å²) in [4.78, 5) is 0. The first-order chi connectivity index (χ1) is 7.65. The second kappa shape index (κ2) is 6.89. The van der Waals surface area contributed by atoms with E-state index in [9.17, 15) is 0 Å². The molecule has 0 radical (unpaired) electrons. The number of benzene rings is 1. The quantitative estimate of drug-likeness (QED) is 0.824. The lowest BCUT2D eigenvalue weighted by atomic mass is 10.1. The fraction of sp³-hybridized carbons (Fsp3) is 0.538. The monoisotopic (exact) mass is 241 g/mol. The van der Waals surface area contributed by atoms with Crippen LogP contribution < -0.4 is 5.32 Å². The fourth-order valence-corrected chi connectivity index (χ4v) is 1.82. The Morgan fingerprint density at radius 2 is 2.00 bits per heavy atom. The predicted molar refractivity (Wildman–Crippen MR) is 69.0 cm³/mol. The first-order valence-electron chi connectivity index (χ1n) is 5.74. The van der Waals surface area contributed by atoms with Crippen molar-refractivity contribution in [2.45, 2.75) is 32.9 Å². The van der Waals surface area contributed by atoms with E-state index in [4.69, 9.17) is 16.3 Å². The van der Waals surface area contributed by atoms with Gasteiger partial charge in [-0.1, -0.05) is 36.7 Å². The van der Waals surface area contributed by atoms with Crippen molar-refractivity contribution in [3.8, 4) is 0 Å². The molecule has 3 heteroatoms. The Bertz CT molecular complexity index is 315. The van der Waals surface area contributed by atoms with Crippen LogP contribution in [0.25, 0.3) is 0 Å². The molecule has 0 bridgehead atoms. The molecule has 1 atom stereocenters.